The molecule has 0 radical (unpaired) electrons. The van der Waals surface area contributed by atoms with Crippen LogP contribution in [0.1, 0.15) is 13.3 Å². The molecule has 0 heterocycles. The van der Waals surface area contributed by atoms with Gasteiger partial charge in [0.25, 0.3) is 0 Å². The van der Waals surface area contributed by atoms with E-state index in [-0.39, 0.29) is 24.8 Å². The summed E-state index contributed by atoms with van der Waals surface area (Å²) in [4.78, 5) is 27.5. The molecular weight excluding hydrogens is 310 g/mol. The Morgan fingerprint density at radius 3 is 2.38 bits per heavy atom. The highest BCUT2D eigenvalue weighted by molar-refractivity contribution is 5.94. The lowest BCUT2D eigenvalue weighted by atomic mass is 10.2. The zero-order valence-corrected chi connectivity index (χ0v) is 15.1. The molecule has 0 aromatic heterocycles. The SMILES string of the molecule is COc1ccc(OC)c(N(CCC(=O)NCCN(C)C)C(C)=O)c1. The zero-order valence-electron chi connectivity index (χ0n) is 15.1. The van der Waals surface area contributed by atoms with E-state index in [4.69, 9.17) is 9.47 Å². The van der Waals surface area contributed by atoms with Crippen LogP contribution in [0.25, 0.3) is 0 Å². The fourth-order valence-electron chi connectivity index (χ4n) is 2.18. The van der Waals surface area contributed by atoms with Crippen LogP contribution in [0, 0.1) is 0 Å². The molecule has 134 valence electrons. The first kappa shape index (κ1) is 19.8. The van der Waals surface area contributed by atoms with Crippen LogP contribution in [0.2, 0.25) is 0 Å². The van der Waals surface area contributed by atoms with Crippen LogP contribution in [0.3, 0.4) is 0 Å². The third-order valence-electron chi connectivity index (χ3n) is 3.50. The minimum Gasteiger partial charge on any atom is -0.497 e. The largest absolute Gasteiger partial charge is 0.497 e. The summed E-state index contributed by atoms with van der Waals surface area (Å²) >= 11 is 0. The third-order valence-corrected chi connectivity index (χ3v) is 3.50. The highest BCUT2D eigenvalue weighted by Gasteiger charge is 2.18. The number of rotatable bonds is 9. The van der Waals surface area contributed by atoms with Gasteiger partial charge in [-0.3, -0.25) is 9.59 Å². The monoisotopic (exact) mass is 337 g/mol. The van der Waals surface area contributed by atoms with Crippen molar-refractivity contribution >= 4 is 17.5 Å². The van der Waals surface area contributed by atoms with Gasteiger partial charge in [0.05, 0.1) is 19.9 Å². The van der Waals surface area contributed by atoms with Gasteiger partial charge in [-0.1, -0.05) is 0 Å². The van der Waals surface area contributed by atoms with Crippen LogP contribution >= 0.6 is 0 Å². The maximum absolute atomic E-state index is 12.0. The van der Waals surface area contributed by atoms with Crippen LogP contribution in [0.15, 0.2) is 18.2 Å². The van der Waals surface area contributed by atoms with E-state index in [2.05, 4.69) is 5.32 Å². The van der Waals surface area contributed by atoms with Crippen LogP contribution in [-0.4, -0.2) is 64.7 Å². The minimum absolute atomic E-state index is 0.0926. The third kappa shape index (κ3) is 6.08. The van der Waals surface area contributed by atoms with Gasteiger partial charge in [-0.25, -0.2) is 0 Å². The van der Waals surface area contributed by atoms with E-state index in [9.17, 15) is 9.59 Å². The van der Waals surface area contributed by atoms with Crippen molar-refractivity contribution in [2.75, 3.05) is 52.8 Å². The molecule has 1 aromatic carbocycles. The van der Waals surface area contributed by atoms with Crippen LogP contribution in [0.4, 0.5) is 5.69 Å². The number of likely N-dealkylation sites (N-methyl/N-ethyl adjacent to an activating group) is 1. The van der Waals surface area contributed by atoms with Gasteiger partial charge in [-0.2, -0.15) is 0 Å². The quantitative estimate of drug-likeness (QED) is 0.731. The van der Waals surface area contributed by atoms with E-state index in [1.807, 2.05) is 19.0 Å². The highest BCUT2D eigenvalue weighted by Crippen LogP contribution is 2.32. The number of nitrogens with zero attached hydrogens (tertiary/aromatic N) is 2. The van der Waals surface area contributed by atoms with Gasteiger partial charge in [0.2, 0.25) is 11.8 Å². The molecule has 7 heteroatoms. The predicted octanol–water partition coefficient (Wildman–Crippen LogP) is 1.12. The fourth-order valence-corrected chi connectivity index (χ4v) is 2.18. The average Bonchev–Trinajstić information content (AvgIpc) is 2.54. The zero-order chi connectivity index (χ0) is 18.1. The Balaban J connectivity index is 2.77. The molecule has 24 heavy (non-hydrogen) atoms. The van der Waals surface area contributed by atoms with Crippen LogP contribution < -0.4 is 19.7 Å². The Hall–Kier alpha value is -2.28. The molecule has 0 unspecified atom stereocenters. The summed E-state index contributed by atoms with van der Waals surface area (Å²) in [5.41, 5.74) is 0.588. The molecule has 1 rings (SSSR count). The van der Waals surface area contributed by atoms with Gasteiger partial charge >= 0.3 is 0 Å². The number of amides is 2. The van der Waals surface area contributed by atoms with Crippen molar-refractivity contribution in [1.29, 1.82) is 0 Å². The smallest absolute Gasteiger partial charge is 0.223 e. The Morgan fingerprint density at radius 1 is 1.12 bits per heavy atom. The normalized spacial score (nSPS) is 10.4. The summed E-state index contributed by atoms with van der Waals surface area (Å²) in [6.07, 6.45) is 0.216. The number of ether oxygens (including phenoxy) is 2. The van der Waals surface area contributed by atoms with Crippen LogP contribution in [-0.2, 0) is 9.59 Å². The van der Waals surface area contributed by atoms with E-state index in [1.165, 1.54) is 18.9 Å². The molecule has 0 aliphatic heterocycles. The molecule has 0 fully saturated rings. The molecule has 1 N–H and O–H groups in total. The van der Waals surface area contributed by atoms with Gasteiger partial charge in [-0.05, 0) is 26.2 Å². The van der Waals surface area contributed by atoms with Crippen molar-refractivity contribution < 1.29 is 19.1 Å². The highest BCUT2D eigenvalue weighted by atomic mass is 16.5. The van der Waals surface area contributed by atoms with Gasteiger partial charge in [0.15, 0.2) is 0 Å². The van der Waals surface area contributed by atoms with Crippen molar-refractivity contribution in [2.24, 2.45) is 0 Å². The minimum atomic E-state index is -0.164. The second kappa shape index (κ2) is 9.77. The number of hydrogen-bond acceptors (Lipinski definition) is 5. The average molecular weight is 337 g/mol. The molecule has 1 aromatic rings. The molecule has 7 nitrogen and oxygen atoms in total. The number of anilines is 1. The number of nitrogens with one attached hydrogen (secondary N) is 1. The van der Waals surface area contributed by atoms with Crippen molar-refractivity contribution in [3.8, 4) is 11.5 Å². The molecule has 0 saturated heterocycles. The Bertz CT molecular complexity index is 561. The Morgan fingerprint density at radius 2 is 1.83 bits per heavy atom. The number of benzene rings is 1. The maximum Gasteiger partial charge on any atom is 0.223 e. The van der Waals surface area contributed by atoms with E-state index in [0.29, 0.717) is 23.7 Å². The lowest BCUT2D eigenvalue weighted by Crippen LogP contribution is -2.36. The summed E-state index contributed by atoms with van der Waals surface area (Å²) in [5.74, 6) is 0.916. The molecular formula is C17H27N3O4. The van der Waals surface area contributed by atoms with Gasteiger partial charge in [0.1, 0.15) is 11.5 Å². The molecule has 0 saturated carbocycles. The van der Waals surface area contributed by atoms with Crippen LogP contribution in [0.5, 0.6) is 11.5 Å². The van der Waals surface area contributed by atoms with E-state index in [1.54, 1.807) is 25.3 Å². The second-order valence-electron chi connectivity index (χ2n) is 5.61. The summed E-state index contributed by atoms with van der Waals surface area (Å²) in [5, 5.41) is 2.84. The molecule has 0 aliphatic rings. The number of methoxy groups -OCH3 is 2. The lowest BCUT2D eigenvalue weighted by molar-refractivity contribution is -0.121. The summed E-state index contributed by atoms with van der Waals surface area (Å²) in [6, 6.07) is 5.22. The first-order valence-electron chi connectivity index (χ1n) is 7.80. The van der Waals surface area contributed by atoms with E-state index < -0.39 is 0 Å². The fraction of sp³-hybridized carbons (Fsp3) is 0.529. The standard InChI is InChI=1S/C17H27N3O4/c1-13(21)20(10-8-17(22)18-9-11-19(2)3)15-12-14(23-4)6-7-16(15)24-5/h6-7,12H,8-11H2,1-5H3,(H,18,22). The van der Waals surface area contributed by atoms with Crippen molar-refractivity contribution in [3.63, 3.8) is 0 Å². The molecule has 0 aliphatic carbocycles. The number of hydrogen-bond donors (Lipinski definition) is 1. The molecule has 0 bridgehead atoms. The van der Waals surface area contributed by atoms with E-state index >= 15 is 0 Å². The molecule has 0 atom stereocenters. The van der Waals surface area contributed by atoms with Gasteiger partial charge in [-0.15, -0.1) is 0 Å². The molecule has 2 amide bonds. The number of carbonyl (C=O) groups is 2. The summed E-state index contributed by atoms with van der Waals surface area (Å²) < 4.78 is 10.5. The Labute approximate surface area is 143 Å². The van der Waals surface area contributed by atoms with Crippen molar-refractivity contribution in [3.05, 3.63) is 18.2 Å². The number of carbonyl (C=O) groups excluding carboxylic acids is 2. The van der Waals surface area contributed by atoms with Crippen molar-refractivity contribution in [2.45, 2.75) is 13.3 Å². The predicted molar refractivity (Wildman–Crippen MR) is 93.8 cm³/mol. The maximum atomic E-state index is 12.0. The van der Waals surface area contributed by atoms with Gasteiger partial charge < -0.3 is 24.6 Å². The Kier molecular flexibility index (Phi) is 8.05. The topological polar surface area (TPSA) is 71.1 Å². The van der Waals surface area contributed by atoms with E-state index in [0.717, 1.165) is 6.54 Å². The van der Waals surface area contributed by atoms with Crippen molar-refractivity contribution in [1.82, 2.24) is 10.2 Å². The lowest BCUT2D eigenvalue weighted by Gasteiger charge is -2.23. The summed E-state index contributed by atoms with van der Waals surface area (Å²) in [6.45, 7) is 3.08. The first-order valence-corrected chi connectivity index (χ1v) is 7.80. The van der Waals surface area contributed by atoms with Gasteiger partial charge in [0, 0.05) is 39.0 Å². The second-order valence-corrected chi connectivity index (χ2v) is 5.61. The molecule has 0 spiro atoms. The first-order chi connectivity index (χ1) is 11.4. The summed E-state index contributed by atoms with van der Waals surface area (Å²) in [7, 11) is 6.98.